The van der Waals surface area contributed by atoms with E-state index in [1.807, 2.05) is 0 Å². The summed E-state index contributed by atoms with van der Waals surface area (Å²) in [7, 11) is 3.37. The van der Waals surface area contributed by atoms with E-state index in [0.717, 1.165) is 30.5 Å². The summed E-state index contributed by atoms with van der Waals surface area (Å²) in [4.78, 5) is 2.54. The van der Waals surface area contributed by atoms with Gasteiger partial charge in [0.25, 0.3) is 0 Å². The third-order valence-corrected chi connectivity index (χ3v) is 5.22. The Morgan fingerprint density at radius 1 is 1.14 bits per heavy atom. The van der Waals surface area contributed by atoms with Crippen molar-refractivity contribution in [2.24, 2.45) is 17.6 Å². The number of methoxy groups -OCH3 is 2. The summed E-state index contributed by atoms with van der Waals surface area (Å²) in [5.74, 6) is 3.12. The van der Waals surface area contributed by atoms with Crippen LogP contribution in [0.3, 0.4) is 0 Å². The van der Waals surface area contributed by atoms with E-state index >= 15 is 0 Å². The molecule has 1 saturated heterocycles. The first-order chi connectivity index (χ1) is 10.1. The van der Waals surface area contributed by atoms with Gasteiger partial charge in [-0.1, -0.05) is 0 Å². The highest BCUT2D eigenvalue weighted by molar-refractivity contribution is 5.47. The maximum absolute atomic E-state index is 6.23. The lowest BCUT2D eigenvalue weighted by atomic mass is 9.98. The zero-order chi connectivity index (χ0) is 15.0. The fraction of sp³-hybridized carbons (Fsp3) is 0.647. The van der Waals surface area contributed by atoms with Crippen molar-refractivity contribution in [3.8, 4) is 11.5 Å². The molecule has 2 fully saturated rings. The Labute approximate surface area is 127 Å². The molecule has 4 heteroatoms. The van der Waals surface area contributed by atoms with E-state index in [2.05, 4.69) is 24.0 Å². The number of ether oxygens (including phenoxy) is 2. The minimum atomic E-state index is 0.409. The summed E-state index contributed by atoms with van der Waals surface area (Å²) in [6.45, 7) is 5.44. The lowest BCUT2D eigenvalue weighted by Gasteiger charge is -2.20. The minimum Gasteiger partial charge on any atom is -0.493 e. The zero-order valence-electron chi connectivity index (χ0n) is 13.3. The predicted molar refractivity (Wildman–Crippen MR) is 83.7 cm³/mol. The van der Waals surface area contributed by atoms with E-state index < -0.39 is 0 Å². The number of likely N-dealkylation sites (tertiary alicyclic amines) is 1. The molecule has 1 saturated carbocycles. The average Bonchev–Trinajstić information content (AvgIpc) is 3.03. The van der Waals surface area contributed by atoms with Crippen LogP contribution < -0.4 is 15.2 Å². The Morgan fingerprint density at radius 2 is 1.86 bits per heavy atom. The zero-order valence-corrected chi connectivity index (χ0v) is 13.3. The van der Waals surface area contributed by atoms with Crippen molar-refractivity contribution in [3.05, 3.63) is 23.3 Å². The fourth-order valence-corrected chi connectivity index (χ4v) is 3.96. The Bertz CT molecular complexity index is 518. The number of fused-ring (bicyclic) bond motifs is 1. The second kappa shape index (κ2) is 5.85. The summed E-state index contributed by atoms with van der Waals surface area (Å²) in [5.41, 5.74) is 8.80. The molecule has 0 radical (unpaired) electrons. The SMILES string of the molecule is COc1cc(C)c(CN2CC3CCC(N)C3C2)cc1OC. The van der Waals surface area contributed by atoms with E-state index in [4.69, 9.17) is 15.2 Å². The van der Waals surface area contributed by atoms with Gasteiger partial charge < -0.3 is 15.2 Å². The van der Waals surface area contributed by atoms with Gasteiger partial charge in [-0.2, -0.15) is 0 Å². The van der Waals surface area contributed by atoms with Gasteiger partial charge in [0.05, 0.1) is 14.2 Å². The molecule has 1 heterocycles. The number of hydrogen-bond acceptors (Lipinski definition) is 4. The molecule has 1 aromatic carbocycles. The molecule has 1 aromatic rings. The Hall–Kier alpha value is -1.26. The molecule has 1 aliphatic carbocycles. The van der Waals surface area contributed by atoms with Crippen LogP contribution in [0.5, 0.6) is 11.5 Å². The third-order valence-electron chi connectivity index (χ3n) is 5.22. The normalized spacial score (nSPS) is 28.7. The smallest absolute Gasteiger partial charge is 0.161 e. The maximum atomic E-state index is 6.23. The second-order valence-corrected chi connectivity index (χ2v) is 6.49. The van der Waals surface area contributed by atoms with Gasteiger partial charge in [0.2, 0.25) is 0 Å². The van der Waals surface area contributed by atoms with Gasteiger partial charge in [-0.05, 0) is 54.9 Å². The fourth-order valence-electron chi connectivity index (χ4n) is 3.96. The van der Waals surface area contributed by atoms with Crippen molar-refractivity contribution in [1.29, 1.82) is 0 Å². The van der Waals surface area contributed by atoms with Crippen molar-refractivity contribution in [2.75, 3.05) is 27.3 Å². The van der Waals surface area contributed by atoms with E-state index in [9.17, 15) is 0 Å². The first kappa shape index (κ1) is 14.7. The highest BCUT2D eigenvalue weighted by atomic mass is 16.5. The quantitative estimate of drug-likeness (QED) is 0.923. The molecular weight excluding hydrogens is 264 g/mol. The number of hydrogen-bond donors (Lipinski definition) is 1. The molecule has 1 aliphatic heterocycles. The first-order valence-corrected chi connectivity index (χ1v) is 7.81. The van der Waals surface area contributed by atoms with Crippen LogP contribution in [0.4, 0.5) is 0 Å². The van der Waals surface area contributed by atoms with E-state index in [1.54, 1.807) is 14.2 Å². The Balaban J connectivity index is 1.74. The monoisotopic (exact) mass is 290 g/mol. The van der Waals surface area contributed by atoms with Crippen LogP contribution in [-0.2, 0) is 6.54 Å². The molecule has 4 nitrogen and oxygen atoms in total. The van der Waals surface area contributed by atoms with Crippen molar-refractivity contribution < 1.29 is 9.47 Å². The molecule has 3 rings (SSSR count). The lowest BCUT2D eigenvalue weighted by molar-refractivity contribution is 0.296. The summed E-state index contributed by atoms with van der Waals surface area (Å²) < 4.78 is 10.8. The Kier molecular flexibility index (Phi) is 4.09. The van der Waals surface area contributed by atoms with Gasteiger partial charge >= 0.3 is 0 Å². The van der Waals surface area contributed by atoms with Crippen LogP contribution in [0.15, 0.2) is 12.1 Å². The van der Waals surface area contributed by atoms with Crippen molar-refractivity contribution in [1.82, 2.24) is 4.90 Å². The van der Waals surface area contributed by atoms with Gasteiger partial charge in [-0.25, -0.2) is 0 Å². The largest absolute Gasteiger partial charge is 0.493 e. The summed E-state index contributed by atoms with van der Waals surface area (Å²) in [6, 6.07) is 4.59. The summed E-state index contributed by atoms with van der Waals surface area (Å²) in [6.07, 6.45) is 2.51. The van der Waals surface area contributed by atoms with Crippen molar-refractivity contribution >= 4 is 0 Å². The standard InChI is InChI=1S/C17H26N2O2/c1-11-6-16(20-2)17(21-3)7-13(11)9-19-8-12-4-5-15(18)14(12)10-19/h6-7,12,14-15H,4-5,8-10,18H2,1-3H3. The lowest BCUT2D eigenvalue weighted by Crippen LogP contribution is -2.30. The van der Waals surface area contributed by atoms with Crippen LogP contribution in [0.2, 0.25) is 0 Å². The molecule has 2 N–H and O–H groups in total. The molecule has 0 spiro atoms. The molecule has 0 amide bonds. The molecule has 21 heavy (non-hydrogen) atoms. The first-order valence-electron chi connectivity index (χ1n) is 7.81. The van der Waals surface area contributed by atoms with E-state index in [-0.39, 0.29) is 0 Å². The van der Waals surface area contributed by atoms with E-state index in [0.29, 0.717) is 12.0 Å². The van der Waals surface area contributed by atoms with Crippen LogP contribution in [0.1, 0.15) is 24.0 Å². The van der Waals surface area contributed by atoms with Gasteiger partial charge in [-0.3, -0.25) is 4.90 Å². The molecular formula is C17H26N2O2. The second-order valence-electron chi connectivity index (χ2n) is 6.49. The molecule has 0 aromatic heterocycles. The third kappa shape index (κ3) is 2.74. The van der Waals surface area contributed by atoms with Gasteiger partial charge in [-0.15, -0.1) is 0 Å². The topological polar surface area (TPSA) is 47.7 Å². The predicted octanol–water partition coefficient (Wildman–Crippen LogP) is 2.18. The molecule has 116 valence electrons. The molecule has 3 unspecified atom stereocenters. The number of rotatable bonds is 4. The van der Waals surface area contributed by atoms with Crippen molar-refractivity contribution in [3.63, 3.8) is 0 Å². The van der Waals surface area contributed by atoms with Crippen LogP contribution >= 0.6 is 0 Å². The van der Waals surface area contributed by atoms with E-state index in [1.165, 1.54) is 30.5 Å². The number of nitrogens with zero attached hydrogens (tertiary/aromatic N) is 1. The van der Waals surface area contributed by atoms with Gasteiger partial charge in [0.15, 0.2) is 11.5 Å². The summed E-state index contributed by atoms with van der Waals surface area (Å²) >= 11 is 0. The number of aryl methyl sites for hydroxylation is 1. The Morgan fingerprint density at radius 3 is 2.52 bits per heavy atom. The average molecular weight is 290 g/mol. The summed E-state index contributed by atoms with van der Waals surface area (Å²) in [5, 5.41) is 0. The van der Waals surface area contributed by atoms with Crippen molar-refractivity contribution in [2.45, 2.75) is 32.4 Å². The van der Waals surface area contributed by atoms with Crippen LogP contribution in [0.25, 0.3) is 0 Å². The molecule has 3 atom stereocenters. The van der Waals surface area contributed by atoms with Gasteiger partial charge in [0.1, 0.15) is 0 Å². The van der Waals surface area contributed by atoms with Crippen LogP contribution in [-0.4, -0.2) is 38.3 Å². The molecule has 0 bridgehead atoms. The highest BCUT2D eigenvalue weighted by Gasteiger charge is 2.40. The molecule has 2 aliphatic rings. The highest BCUT2D eigenvalue weighted by Crippen LogP contribution is 2.38. The maximum Gasteiger partial charge on any atom is 0.161 e. The number of nitrogens with two attached hydrogens (primary N) is 1. The van der Waals surface area contributed by atoms with Gasteiger partial charge in [0, 0.05) is 25.7 Å². The number of benzene rings is 1. The van der Waals surface area contributed by atoms with Crippen LogP contribution in [0, 0.1) is 18.8 Å². The minimum absolute atomic E-state index is 0.409.